The highest BCUT2D eigenvalue weighted by molar-refractivity contribution is 7.13. The van der Waals surface area contributed by atoms with Crippen LogP contribution in [0, 0.1) is 11.3 Å². The number of nitrogens with one attached hydrogen (secondary N) is 2. The van der Waals surface area contributed by atoms with Crippen molar-refractivity contribution >= 4 is 34.6 Å². The van der Waals surface area contributed by atoms with Gasteiger partial charge in [0.1, 0.15) is 10.7 Å². The minimum atomic E-state index is -0.441. The average molecular weight is 407 g/mol. The quantitative estimate of drug-likeness (QED) is 0.441. The highest BCUT2D eigenvalue weighted by Crippen LogP contribution is 2.25. The van der Waals surface area contributed by atoms with Crippen molar-refractivity contribution in [1.82, 2.24) is 4.98 Å². The van der Waals surface area contributed by atoms with Gasteiger partial charge in [-0.15, -0.1) is 11.3 Å². The van der Waals surface area contributed by atoms with Gasteiger partial charge in [0.15, 0.2) is 0 Å². The van der Waals surface area contributed by atoms with E-state index in [2.05, 4.69) is 10.3 Å². The van der Waals surface area contributed by atoms with Crippen molar-refractivity contribution in [3.8, 4) is 10.6 Å². The van der Waals surface area contributed by atoms with Crippen LogP contribution in [0.3, 0.4) is 0 Å². The molecule has 2 N–H and O–H groups in total. The maximum absolute atomic E-state index is 12.7. The SMILES string of the molecule is COC(=O)C(C)CC(=N)c1ccccc1NC(=O)c1csc(-c2ccccc2)n1. The first-order valence-electron chi connectivity index (χ1n) is 9.06. The molecule has 3 aromatic rings. The van der Waals surface area contributed by atoms with Gasteiger partial charge >= 0.3 is 5.97 Å². The molecule has 2 aromatic carbocycles. The first kappa shape index (κ1) is 20.4. The largest absolute Gasteiger partial charge is 0.469 e. The third-order valence-corrected chi connectivity index (χ3v) is 5.26. The van der Waals surface area contributed by atoms with Crippen LogP contribution in [-0.2, 0) is 9.53 Å². The molecule has 6 nitrogen and oxygen atoms in total. The molecule has 29 heavy (non-hydrogen) atoms. The number of thiazole rings is 1. The number of benzene rings is 2. The number of aromatic nitrogens is 1. The summed E-state index contributed by atoms with van der Waals surface area (Å²) >= 11 is 1.40. The monoisotopic (exact) mass is 407 g/mol. The fraction of sp³-hybridized carbons (Fsp3) is 0.182. The molecule has 0 aliphatic rings. The second-order valence-electron chi connectivity index (χ2n) is 6.51. The molecule has 0 radical (unpaired) electrons. The number of hydrogen-bond donors (Lipinski definition) is 2. The predicted octanol–water partition coefficient (Wildman–Crippen LogP) is 4.63. The van der Waals surface area contributed by atoms with E-state index >= 15 is 0 Å². The molecule has 1 heterocycles. The molecule has 0 saturated carbocycles. The van der Waals surface area contributed by atoms with Crippen molar-refractivity contribution in [2.75, 3.05) is 12.4 Å². The molecule has 0 aliphatic heterocycles. The first-order valence-corrected chi connectivity index (χ1v) is 9.94. The van der Waals surface area contributed by atoms with Gasteiger partial charge in [0.2, 0.25) is 0 Å². The second kappa shape index (κ2) is 9.25. The van der Waals surface area contributed by atoms with Crippen LogP contribution in [0.5, 0.6) is 0 Å². The number of hydrogen-bond acceptors (Lipinski definition) is 6. The number of rotatable bonds is 7. The van der Waals surface area contributed by atoms with Crippen LogP contribution < -0.4 is 5.32 Å². The summed E-state index contributed by atoms with van der Waals surface area (Å²) in [6.07, 6.45) is 0.217. The Morgan fingerprint density at radius 1 is 1.14 bits per heavy atom. The molecule has 1 aromatic heterocycles. The van der Waals surface area contributed by atoms with Gasteiger partial charge in [-0.3, -0.25) is 9.59 Å². The summed E-state index contributed by atoms with van der Waals surface area (Å²) in [5.41, 5.74) is 2.60. The number of para-hydroxylation sites is 1. The zero-order valence-corrected chi connectivity index (χ0v) is 17.0. The Labute approximate surface area is 173 Å². The van der Waals surface area contributed by atoms with Crippen LogP contribution in [0.2, 0.25) is 0 Å². The van der Waals surface area contributed by atoms with Gasteiger partial charge < -0.3 is 15.5 Å². The van der Waals surface area contributed by atoms with Crippen molar-refractivity contribution in [2.45, 2.75) is 13.3 Å². The maximum atomic E-state index is 12.7. The Kier molecular flexibility index (Phi) is 6.51. The molecule has 1 amide bonds. The number of carbonyl (C=O) groups excluding carboxylic acids is 2. The lowest BCUT2D eigenvalue weighted by atomic mass is 9.98. The molecule has 0 aliphatic carbocycles. The van der Waals surface area contributed by atoms with E-state index in [9.17, 15) is 9.59 Å². The van der Waals surface area contributed by atoms with Gasteiger partial charge in [-0.1, -0.05) is 55.5 Å². The zero-order chi connectivity index (χ0) is 20.8. The van der Waals surface area contributed by atoms with Gasteiger partial charge in [-0.05, 0) is 6.07 Å². The molecular formula is C22H21N3O3S. The highest BCUT2D eigenvalue weighted by Gasteiger charge is 2.19. The lowest BCUT2D eigenvalue weighted by molar-refractivity contribution is -0.144. The summed E-state index contributed by atoms with van der Waals surface area (Å²) in [7, 11) is 1.33. The van der Waals surface area contributed by atoms with Crippen LogP contribution in [0.15, 0.2) is 60.0 Å². The Morgan fingerprint density at radius 2 is 1.83 bits per heavy atom. The van der Waals surface area contributed by atoms with Gasteiger partial charge in [-0.25, -0.2) is 4.98 Å². The molecule has 148 valence electrons. The van der Waals surface area contributed by atoms with E-state index < -0.39 is 5.92 Å². The highest BCUT2D eigenvalue weighted by atomic mass is 32.1. The predicted molar refractivity (Wildman–Crippen MR) is 115 cm³/mol. The number of esters is 1. The van der Waals surface area contributed by atoms with Gasteiger partial charge in [0, 0.05) is 28.6 Å². The number of nitrogens with zero attached hydrogens (tertiary/aromatic N) is 1. The van der Waals surface area contributed by atoms with E-state index in [1.54, 1.807) is 36.6 Å². The van der Waals surface area contributed by atoms with Crippen LogP contribution in [-0.4, -0.2) is 29.7 Å². The van der Waals surface area contributed by atoms with Crippen molar-refractivity contribution in [3.05, 3.63) is 71.2 Å². The molecule has 0 bridgehead atoms. The minimum absolute atomic E-state index is 0.217. The molecular weight excluding hydrogens is 386 g/mol. The third kappa shape index (κ3) is 4.94. The maximum Gasteiger partial charge on any atom is 0.308 e. The van der Waals surface area contributed by atoms with Crippen LogP contribution in [0.25, 0.3) is 10.6 Å². The van der Waals surface area contributed by atoms with E-state index in [-0.39, 0.29) is 24.0 Å². The Bertz CT molecular complexity index is 1030. The number of carbonyl (C=O) groups is 2. The molecule has 1 unspecified atom stereocenters. The van der Waals surface area contributed by atoms with E-state index in [4.69, 9.17) is 10.1 Å². The van der Waals surface area contributed by atoms with Gasteiger partial charge in [0.05, 0.1) is 18.7 Å². The van der Waals surface area contributed by atoms with E-state index in [1.165, 1.54) is 18.4 Å². The Hall–Kier alpha value is -3.32. The van der Waals surface area contributed by atoms with Crippen molar-refractivity contribution < 1.29 is 14.3 Å². The summed E-state index contributed by atoms with van der Waals surface area (Å²) in [4.78, 5) is 28.8. The molecule has 7 heteroatoms. The van der Waals surface area contributed by atoms with Crippen molar-refractivity contribution in [1.29, 1.82) is 5.41 Å². The number of ether oxygens (including phenoxy) is 1. The summed E-state index contributed by atoms with van der Waals surface area (Å²) in [5, 5.41) is 13.7. The zero-order valence-electron chi connectivity index (χ0n) is 16.1. The average Bonchev–Trinajstić information content (AvgIpc) is 3.24. The van der Waals surface area contributed by atoms with Gasteiger partial charge in [0.25, 0.3) is 5.91 Å². The van der Waals surface area contributed by atoms with E-state index in [0.29, 0.717) is 16.9 Å². The lowest BCUT2D eigenvalue weighted by Gasteiger charge is -2.14. The smallest absolute Gasteiger partial charge is 0.308 e. The third-order valence-electron chi connectivity index (χ3n) is 4.37. The van der Waals surface area contributed by atoms with Crippen LogP contribution >= 0.6 is 11.3 Å². The molecule has 0 fully saturated rings. The topological polar surface area (TPSA) is 92.1 Å². The van der Waals surface area contributed by atoms with E-state index in [1.807, 2.05) is 30.3 Å². The number of amides is 1. The van der Waals surface area contributed by atoms with Crippen molar-refractivity contribution in [2.24, 2.45) is 5.92 Å². The van der Waals surface area contributed by atoms with Crippen LogP contribution in [0.1, 0.15) is 29.4 Å². The summed E-state index contributed by atoms with van der Waals surface area (Å²) in [6, 6.07) is 16.7. The lowest BCUT2D eigenvalue weighted by Crippen LogP contribution is -2.19. The number of anilines is 1. The summed E-state index contributed by atoms with van der Waals surface area (Å²) in [6.45, 7) is 1.71. The molecule has 3 rings (SSSR count). The summed E-state index contributed by atoms with van der Waals surface area (Å²) < 4.78 is 4.73. The molecule has 1 atom stereocenters. The molecule has 0 spiro atoms. The molecule has 0 saturated heterocycles. The Morgan fingerprint density at radius 3 is 2.55 bits per heavy atom. The fourth-order valence-electron chi connectivity index (χ4n) is 2.83. The first-order chi connectivity index (χ1) is 14.0. The van der Waals surface area contributed by atoms with E-state index in [0.717, 1.165) is 10.6 Å². The Balaban J connectivity index is 1.75. The fourth-order valence-corrected chi connectivity index (χ4v) is 3.64. The van der Waals surface area contributed by atoms with Gasteiger partial charge in [-0.2, -0.15) is 0 Å². The minimum Gasteiger partial charge on any atom is -0.469 e. The normalized spacial score (nSPS) is 11.5. The summed E-state index contributed by atoms with van der Waals surface area (Å²) in [5.74, 6) is -1.15. The van der Waals surface area contributed by atoms with Crippen LogP contribution in [0.4, 0.5) is 5.69 Å². The number of methoxy groups -OCH3 is 1. The standard InChI is InChI=1S/C22H21N3O3S/c1-14(22(27)28-2)12-17(23)16-10-6-7-11-18(16)24-20(26)19-13-29-21(25-19)15-8-4-3-5-9-15/h3-11,13-14,23H,12H2,1-2H3,(H,24,26). The van der Waals surface area contributed by atoms with Crippen molar-refractivity contribution in [3.63, 3.8) is 0 Å². The second-order valence-corrected chi connectivity index (χ2v) is 7.37.